The van der Waals surface area contributed by atoms with Crippen LogP contribution in [0.2, 0.25) is 0 Å². The Morgan fingerprint density at radius 2 is 1.76 bits per heavy atom. The van der Waals surface area contributed by atoms with Crippen molar-refractivity contribution in [3.05, 3.63) is 35.4 Å². The maximum Gasteiger partial charge on any atom is 0.317 e. The molecule has 2 rings (SSSR count). The van der Waals surface area contributed by atoms with Crippen LogP contribution in [-0.4, -0.2) is 54.5 Å². The number of carbonyl (C=O) groups excluding carboxylic acids is 3. The van der Waals surface area contributed by atoms with Crippen LogP contribution in [0.3, 0.4) is 0 Å². The van der Waals surface area contributed by atoms with E-state index < -0.39 is 6.04 Å². The molecule has 1 aromatic carbocycles. The minimum absolute atomic E-state index is 0.0160. The van der Waals surface area contributed by atoms with Gasteiger partial charge in [0.15, 0.2) is 0 Å². The van der Waals surface area contributed by atoms with E-state index in [2.05, 4.69) is 16.0 Å². The second-order valence-electron chi connectivity index (χ2n) is 7.74. The molecule has 1 heterocycles. The zero-order valence-electron chi connectivity index (χ0n) is 18.0. The van der Waals surface area contributed by atoms with Crippen molar-refractivity contribution in [2.24, 2.45) is 5.92 Å². The van der Waals surface area contributed by atoms with E-state index in [-0.39, 0.29) is 29.8 Å². The van der Waals surface area contributed by atoms with Crippen LogP contribution >= 0.6 is 0 Å². The zero-order chi connectivity index (χ0) is 21.4. The molecular weight excluding hydrogens is 368 g/mol. The van der Waals surface area contributed by atoms with Crippen molar-refractivity contribution in [1.82, 2.24) is 20.9 Å². The average Bonchev–Trinajstić information content (AvgIpc) is 2.72. The molecule has 0 bridgehead atoms. The normalized spacial score (nSPS) is 16.6. The number of nitrogens with one attached hydrogen (secondary N) is 3. The smallest absolute Gasteiger partial charge is 0.317 e. The van der Waals surface area contributed by atoms with E-state index in [9.17, 15) is 14.4 Å². The van der Waals surface area contributed by atoms with Crippen molar-refractivity contribution in [2.45, 2.75) is 59.0 Å². The molecule has 1 aliphatic heterocycles. The van der Waals surface area contributed by atoms with Crippen molar-refractivity contribution >= 4 is 17.8 Å². The summed E-state index contributed by atoms with van der Waals surface area (Å²) >= 11 is 0. The molecule has 7 heteroatoms. The molecule has 1 aliphatic rings. The van der Waals surface area contributed by atoms with Gasteiger partial charge < -0.3 is 20.9 Å². The molecule has 2 atom stereocenters. The highest BCUT2D eigenvalue weighted by Crippen LogP contribution is 2.22. The van der Waals surface area contributed by atoms with Gasteiger partial charge in [-0.2, -0.15) is 0 Å². The summed E-state index contributed by atoms with van der Waals surface area (Å²) in [6, 6.07) is 6.70. The van der Waals surface area contributed by atoms with Gasteiger partial charge in [0.1, 0.15) is 6.04 Å². The lowest BCUT2D eigenvalue weighted by Gasteiger charge is -2.36. The highest BCUT2D eigenvalue weighted by Gasteiger charge is 2.34. The summed E-state index contributed by atoms with van der Waals surface area (Å²) in [5.74, 6) is -0.408. The monoisotopic (exact) mass is 402 g/mol. The first kappa shape index (κ1) is 22.7. The molecule has 7 nitrogen and oxygen atoms in total. The van der Waals surface area contributed by atoms with E-state index in [4.69, 9.17) is 0 Å². The highest BCUT2D eigenvalue weighted by molar-refractivity contribution is 5.98. The number of carbonyl (C=O) groups is 3. The van der Waals surface area contributed by atoms with Crippen molar-refractivity contribution in [3.63, 3.8) is 0 Å². The molecule has 1 saturated heterocycles. The lowest BCUT2D eigenvalue weighted by atomic mass is 9.88. The zero-order valence-corrected chi connectivity index (χ0v) is 18.0. The summed E-state index contributed by atoms with van der Waals surface area (Å²) in [4.78, 5) is 39.7. The number of rotatable bonds is 7. The topological polar surface area (TPSA) is 90.5 Å². The van der Waals surface area contributed by atoms with Crippen LogP contribution < -0.4 is 16.0 Å². The van der Waals surface area contributed by atoms with Crippen molar-refractivity contribution < 1.29 is 14.4 Å². The van der Waals surface area contributed by atoms with Crippen LogP contribution in [0.4, 0.5) is 4.79 Å². The van der Waals surface area contributed by atoms with Gasteiger partial charge in [0.05, 0.1) is 0 Å². The molecular formula is C22H34N4O3. The first-order valence-electron chi connectivity index (χ1n) is 10.6. The van der Waals surface area contributed by atoms with Gasteiger partial charge in [-0.05, 0) is 57.6 Å². The Morgan fingerprint density at radius 1 is 1.10 bits per heavy atom. The molecule has 160 valence electrons. The van der Waals surface area contributed by atoms with Crippen LogP contribution in [0.5, 0.6) is 0 Å². The predicted molar refractivity (Wildman–Crippen MR) is 114 cm³/mol. The third-order valence-electron chi connectivity index (χ3n) is 5.59. The number of amides is 4. The maximum atomic E-state index is 13.0. The minimum Gasteiger partial charge on any atom is -0.352 e. The van der Waals surface area contributed by atoms with Crippen LogP contribution in [0.1, 0.15) is 56.0 Å². The lowest BCUT2D eigenvalue weighted by molar-refractivity contribution is -0.125. The fourth-order valence-electron chi connectivity index (χ4n) is 3.58. The average molecular weight is 403 g/mol. The van der Waals surface area contributed by atoms with Gasteiger partial charge in [-0.1, -0.05) is 25.1 Å². The van der Waals surface area contributed by atoms with Crippen LogP contribution in [0.25, 0.3) is 0 Å². The summed E-state index contributed by atoms with van der Waals surface area (Å²) in [5, 5.41) is 8.79. The highest BCUT2D eigenvalue weighted by atomic mass is 16.2. The van der Waals surface area contributed by atoms with E-state index >= 15 is 0 Å². The van der Waals surface area contributed by atoms with Gasteiger partial charge in [-0.25, -0.2) is 4.79 Å². The van der Waals surface area contributed by atoms with Crippen molar-refractivity contribution in [1.29, 1.82) is 0 Å². The Hall–Kier alpha value is -2.57. The largest absolute Gasteiger partial charge is 0.352 e. The summed E-state index contributed by atoms with van der Waals surface area (Å²) in [6.45, 7) is 9.47. The number of urea groups is 1. The molecule has 1 aromatic rings. The molecule has 3 N–H and O–H groups in total. The third kappa shape index (κ3) is 6.21. The van der Waals surface area contributed by atoms with Crippen molar-refractivity contribution in [3.8, 4) is 0 Å². The van der Waals surface area contributed by atoms with Gasteiger partial charge in [-0.3, -0.25) is 9.59 Å². The molecule has 0 aliphatic carbocycles. The number of nitrogens with zero attached hydrogens (tertiary/aromatic N) is 1. The fraction of sp³-hybridized carbons (Fsp3) is 0.591. The second kappa shape index (κ2) is 10.8. The van der Waals surface area contributed by atoms with E-state index in [1.165, 1.54) is 0 Å². The number of piperidine rings is 1. The Morgan fingerprint density at radius 3 is 2.34 bits per heavy atom. The van der Waals surface area contributed by atoms with Crippen molar-refractivity contribution in [2.75, 3.05) is 19.6 Å². The quantitative estimate of drug-likeness (QED) is 0.654. The van der Waals surface area contributed by atoms with Crippen LogP contribution in [0, 0.1) is 12.8 Å². The number of hydrogen-bond acceptors (Lipinski definition) is 3. The van der Waals surface area contributed by atoms with Crippen LogP contribution in [-0.2, 0) is 4.79 Å². The lowest BCUT2D eigenvalue weighted by Crippen LogP contribution is -2.55. The maximum absolute atomic E-state index is 13.0. The summed E-state index contributed by atoms with van der Waals surface area (Å²) in [7, 11) is 0. The first-order chi connectivity index (χ1) is 13.9. The molecule has 0 spiro atoms. The Labute approximate surface area is 173 Å². The Balaban J connectivity index is 2.11. The third-order valence-corrected chi connectivity index (χ3v) is 5.59. The number of likely N-dealkylation sites (tertiary alicyclic amines) is 1. The molecule has 0 saturated carbocycles. The Bertz CT molecular complexity index is 714. The van der Waals surface area contributed by atoms with E-state index in [0.29, 0.717) is 38.0 Å². The Kier molecular flexibility index (Phi) is 8.49. The van der Waals surface area contributed by atoms with Gasteiger partial charge in [-0.15, -0.1) is 0 Å². The standard InChI is InChI=1S/C22H34N4O3/c1-5-16(4)24-21(28)19(25-20(27)18-10-8-7-9-15(18)3)17-11-13-26(14-12-17)22(29)23-6-2/h7-10,16-17,19H,5-6,11-14H2,1-4H3,(H,23,29)(H,24,28)(H,25,27)/t16-,19+/m0/s1. The molecule has 29 heavy (non-hydrogen) atoms. The SMILES string of the molecule is CCNC(=O)N1CCC([C@@H](NC(=O)c2ccccc2C)C(=O)N[C@@H](C)CC)CC1. The number of hydrogen-bond donors (Lipinski definition) is 3. The fourth-order valence-corrected chi connectivity index (χ4v) is 3.58. The van der Waals surface area contributed by atoms with Gasteiger partial charge in [0, 0.05) is 31.2 Å². The molecule has 0 aromatic heterocycles. The van der Waals surface area contributed by atoms with Gasteiger partial charge >= 0.3 is 6.03 Å². The number of aryl methyl sites for hydroxylation is 1. The van der Waals surface area contributed by atoms with Gasteiger partial charge in [0.25, 0.3) is 5.91 Å². The predicted octanol–water partition coefficient (Wildman–Crippen LogP) is 2.45. The molecule has 0 radical (unpaired) electrons. The molecule has 1 fully saturated rings. The van der Waals surface area contributed by atoms with Gasteiger partial charge in [0.2, 0.25) is 5.91 Å². The second-order valence-corrected chi connectivity index (χ2v) is 7.74. The summed E-state index contributed by atoms with van der Waals surface area (Å²) < 4.78 is 0. The van der Waals surface area contributed by atoms with E-state index in [1.54, 1.807) is 11.0 Å². The number of benzene rings is 1. The first-order valence-corrected chi connectivity index (χ1v) is 10.6. The summed E-state index contributed by atoms with van der Waals surface area (Å²) in [5.41, 5.74) is 1.45. The van der Waals surface area contributed by atoms with E-state index in [1.807, 2.05) is 45.9 Å². The molecule has 0 unspecified atom stereocenters. The summed E-state index contributed by atoms with van der Waals surface area (Å²) in [6.07, 6.45) is 2.16. The van der Waals surface area contributed by atoms with E-state index in [0.717, 1.165) is 12.0 Å². The minimum atomic E-state index is -0.618. The molecule has 4 amide bonds. The van der Waals surface area contributed by atoms with Crippen LogP contribution in [0.15, 0.2) is 24.3 Å².